The van der Waals surface area contributed by atoms with Gasteiger partial charge >= 0.3 is 0 Å². The summed E-state index contributed by atoms with van der Waals surface area (Å²) >= 11 is 2.05. The van der Waals surface area contributed by atoms with E-state index in [9.17, 15) is 13.5 Å². The molecular formula is C6H8N2O3S3. The van der Waals surface area contributed by atoms with Crippen molar-refractivity contribution in [2.24, 2.45) is 10.7 Å². The van der Waals surface area contributed by atoms with Crippen LogP contribution in [0.5, 0.6) is 0 Å². The minimum absolute atomic E-state index is 0.112. The molecule has 0 aromatic carbocycles. The molecule has 0 unspecified atom stereocenters. The summed E-state index contributed by atoms with van der Waals surface area (Å²) in [4.78, 5) is 4.10. The molecule has 3 N–H and O–H groups in total. The lowest BCUT2D eigenvalue weighted by molar-refractivity contribution is 0.119. The molecule has 0 amide bonds. The summed E-state index contributed by atoms with van der Waals surface area (Å²) in [6, 6.07) is 0. The summed E-state index contributed by atoms with van der Waals surface area (Å²) in [7, 11) is -3.44. The van der Waals surface area contributed by atoms with Gasteiger partial charge in [-0.2, -0.15) is 0 Å². The molecule has 14 heavy (non-hydrogen) atoms. The smallest absolute Gasteiger partial charge is 0.218 e. The third kappa shape index (κ3) is 1.21. The van der Waals surface area contributed by atoms with Crippen LogP contribution < -0.4 is 5.73 Å². The van der Waals surface area contributed by atoms with E-state index in [1.54, 1.807) is 6.26 Å². The van der Waals surface area contributed by atoms with Crippen LogP contribution in [0.1, 0.15) is 0 Å². The Balaban J connectivity index is 2.58. The van der Waals surface area contributed by atoms with Crippen molar-refractivity contribution in [3.63, 3.8) is 0 Å². The van der Waals surface area contributed by atoms with Crippen molar-refractivity contribution in [1.82, 2.24) is 0 Å². The lowest BCUT2D eigenvalue weighted by Crippen LogP contribution is -2.35. The number of nitrogens with two attached hydrogens (primary N) is 1. The summed E-state index contributed by atoms with van der Waals surface area (Å²) in [5.41, 5.74) is 3.74. The van der Waals surface area contributed by atoms with Gasteiger partial charge < -0.3 is 10.8 Å². The second-order valence-electron chi connectivity index (χ2n) is 2.90. The zero-order valence-electron chi connectivity index (χ0n) is 7.17. The molecule has 2 atom stereocenters. The van der Waals surface area contributed by atoms with Gasteiger partial charge in [-0.15, -0.1) is 11.8 Å². The Hall–Kier alpha value is -0.180. The van der Waals surface area contributed by atoms with Gasteiger partial charge in [0.05, 0.1) is 4.91 Å². The predicted molar refractivity (Wildman–Crippen MR) is 58.5 cm³/mol. The van der Waals surface area contributed by atoms with E-state index >= 15 is 0 Å². The van der Waals surface area contributed by atoms with Crippen molar-refractivity contribution < 1.29 is 13.5 Å². The van der Waals surface area contributed by atoms with E-state index in [1.807, 2.05) is 0 Å². The van der Waals surface area contributed by atoms with Gasteiger partial charge in [0.25, 0.3) is 0 Å². The molecule has 78 valence electrons. The molecule has 0 aromatic heterocycles. The van der Waals surface area contributed by atoms with Gasteiger partial charge in [-0.1, -0.05) is 11.8 Å². The molecular weight excluding hydrogens is 244 g/mol. The number of amidine groups is 1. The number of thioether (sulfide) groups is 2. The van der Waals surface area contributed by atoms with E-state index in [4.69, 9.17) is 5.73 Å². The first-order valence-corrected chi connectivity index (χ1v) is 7.36. The van der Waals surface area contributed by atoms with Crippen LogP contribution >= 0.6 is 23.5 Å². The maximum Gasteiger partial charge on any atom is 0.218 e. The second kappa shape index (κ2) is 2.91. The summed E-state index contributed by atoms with van der Waals surface area (Å²) in [5.74, 6) is 0. The normalized spacial score (nSPS) is 39.1. The summed E-state index contributed by atoms with van der Waals surface area (Å²) in [6.45, 7) is 0. The van der Waals surface area contributed by atoms with E-state index < -0.39 is 20.1 Å². The fourth-order valence-corrected chi connectivity index (χ4v) is 5.79. The molecule has 0 saturated carbocycles. The Morgan fingerprint density at radius 1 is 1.79 bits per heavy atom. The van der Waals surface area contributed by atoms with E-state index in [0.29, 0.717) is 4.91 Å². The van der Waals surface area contributed by atoms with E-state index in [-0.39, 0.29) is 5.17 Å². The van der Waals surface area contributed by atoms with Crippen LogP contribution in [0.4, 0.5) is 0 Å². The van der Waals surface area contributed by atoms with Crippen molar-refractivity contribution in [1.29, 1.82) is 0 Å². The quantitative estimate of drug-likeness (QED) is 0.665. The van der Waals surface area contributed by atoms with Gasteiger partial charge in [0.2, 0.25) is 5.72 Å². The number of hydrogen-bond acceptors (Lipinski definition) is 7. The predicted octanol–water partition coefficient (Wildman–Crippen LogP) is -0.305. The maximum absolute atomic E-state index is 11.6. The molecule has 0 saturated heterocycles. The number of fused-ring (bicyclic) bond motifs is 1. The Morgan fingerprint density at radius 2 is 2.43 bits per heavy atom. The van der Waals surface area contributed by atoms with Crippen LogP contribution in [0.2, 0.25) is 0 Å². The number of aliphatic imine (C=N–C) groups is 1. The average molecular weight is 252 g/mol. The lowest BCUT2D eigenvalue weighted by atomic mass is 10.3. The molecule has 0 radical (unpaired) electrons. The van der Waals surface area contributed by atoms with Crippen LogP contribution in [-0.4, -0.2) is 35.3 Å². The first-order valence-electron chi connectivity index (χ1n) is 3.64. The van der Waals surface area contributed by atoms with Gasteiger partial charge in [-0.25, -0.2) is 13.4 Å². The third-order valence-electron chi connectivity index (χ3n) is 1.99. The van der Waals surface area contributed by atoms with E-state index in [1.165, 1.54) is 11.8 Å². The molecule has 0 spiro atoms. The minimum Gasteiger partial charge on any atom is -0.378 e. The molecule has 0 aliphatic carbocycles. The number of nitrogens with zero attached hydrogens (tertiary/aromatic N) is 1. The van der Waals surface area contributed by atoms with Crippen LogP contribution in [-0.2, 0) is 9.84 Å². The van der Waals surface area contributed by atoms with Gasteiger partial charge in [0.1, 0.15) is 0 Å². The first-order chi connectivity index (χ1) is 6.40. The lowest BCUT2D eigenvalue weighted by Gasteiger charge is -2.19. The molecule has 2 heterocycles. The maximum atomic E-state index is 11.6. The molecule has 2 aliphatic heterocycles. The van der Waals surface area contributed by atoms with Gasteiger partial charge in [-0.3, -0.25) is 0 Å². The fourth-order valence-electron chi connectivity index (χ4n) is 1.40. The molecule has 0 bridgehead atoms. The molecule has 0 aromatic rings. The average Bonchev–Trinajstić information content (AvgIpc) is 2.46. The van der Waals surface area contributed by atoms with E-state index in [2.05, 4.69) is 4.99 Å². The van der Waals surface area contributed by atoms with E-state index in [0.717, 1.165) is 17.2 Å². The topological polar surface area (TPSA) is 92.8 Å². The SMILES string of the molecule is CSC1=CS(=O)(=O)[C@@H]2SC(N)=N[C@@]12O. The highest BCUT2D eigenvalue weighted by Gasteiger charge is 2.57. The van der Waals surface area contributed by atoms with Crippen molar-refractivity contribution in [2.45, 2.75) is 10.3 Å². The van der Waals surface area contributed by atoms with Crippen LogP contribution in [0.3, 0.4) is 0 Å². The van der Waals surface area contributed by atoms with Crippen LogP contribution in [0.25, 0.3) is 0 Å². The highest BCUT2D eigenvalue weighted by atomic mass is 32.3. The largest absolute Gasteiger partial charge is 0.378 e. The number of hydrogen-bond donors (Lipinski definition) is 2. The fraction of sp³-hybridized carbons (Fsp3) is 0.500. The molecule has 2 rings (SSSR count). The third-order valence-corrected chi connectivity index (χ3v) is 6.46. The molecule has 0 fully saturated rings. The zero-order valence-corrected chi connectivity index (χ0v) is 9.62. The van der Waals surface area contributed by atoms with Crippen LogP contribution in [0, 0.1) is 0 Å². The van der Waals surface area contributed by atoms with Gasteiger partial charge in [-0.05, 0) is 6.26 Å². The van der Waals surface area contributed by atoms with Crippen LogP contribution in [0.15, 0.2) is 15.3 Å². The minimum atomic E-state index is -3.44. The molecule has 2 aliphatic rings. The summed E-state index contributed by atoms with van der Waals surface area (Å²) in [5, 5.41) is 11.2. The highest BCUT2D eigenvalue weighted by molar-refractivity contribution is 8.24. The number of aliphatic hydroxyl groups is 1. The standard InChI is InChI=1S/C6H8N2O3S3/c1-12-3-2-14(10,11)4-6(3,9)8-5(7)13-4/h2,4,9H,1H3,(H2,7,8)/t4-,6+/m0/s1. The van der Waals surface area contributed by atoms with Gasteiger partial charge in [0.15, 0.2) is 19.6 Å². The van der Waals surface area contributed by atoms with Gasteiger partial charge in [0, 0.05) is 5.41 Å². The second-order valence-corrected chi connectivity index (χ2v) is 7.06. The van der Waals surface area contributed by atoms with Crippen molar-refractivity contribution >= 4 is 38.5 Å². The van der Waals surface area contributed by atoms with Crippen molar-refractivity contribution in [3.8, 4) is 0 Å². The monoisotopic (exact) mass is 252 g/mol. The Morgan fingerprint density at radius 3 is 3.00 bits per heavy atom. The Labute approximate surface area is 89.8 Å². The van der Waals surface area contributed by atoms with Crippen molar-refractivity contribution in [3.05, 3.63) is 10.3 Å². The highest BCUT2D eigenvalue weighted by Crippen LogP contribution is 2.49. The van der Waals surface area contributed by atoms with Crippen molar-refractivity contribution in [2.75, 3.05) is 6.26 Å². The zero-order chi connectivity index (χ0) is 10.6. The summed E-state index contributed by atoms with van der Waals surface area (Å²) < 4.78 is 22.1. The summed E-state index contributed by atoms with van der Waals surface area (Å²) in [6.07, 6.45) is 1.69. The molecule has 8 heteroatoms. The first kappa shape index (κ1) is 10.3. The number of rotatable bonds is 1. The Bertz CT molecular complexity index is 441. The molecule has 5 nitrogen and oxygen atoms in total. The Kier molecular flexibility index (Phi) is 2.15. The number of sulfone groups is 1.